The molecule has 0 heterocycles. The van der Waals surface area contributed by atoms with E-state index in [2.05, 4.69) is 46.0 Å². The second-order valence-electron chi connectivity index (χ2n) is 2.21. The van der Waals surface area contributed by atoms with E-state index in [4.69, 9.17) is 0 Å². The molecule has 0 bridgehead atoms. The zero-order chi connectivity index (χ0) is 8.10. The van der Waals surface area contributed by atoms with Gasteiger partial charge in [-0.2, -0.15) is 12.6 Å². The van der Waals surface area contributed by atoms with Crippen LogP contribution in [0.2, 0.25) is 0 Å². The molecule has 0 unspecified atom stereocenters. The molecule has 1 N–H and O–H groups in total. The highest BCUT2D eigenvalue weighted by atomic mass is 79.9. The fourth-order valence-electron chi connectivity index (χ4n) is 0.847. The SMILES string of the molecule is SCNCc1cccc(Br)c1. The highest BCUT2D eigenvalue weighted by molar-refractivity contribution is 9.10. The molecule has 11 heavy (non-hydrogen) atoms. The first kappa shape index (κ1) is 9.10. The van der Waals surface area contributed by atoms with Gasteiger partial charge in [-0.1, -0.05) is 28.1 Å². The first-order valence-electron chi connectivity index (χ1n) is 3.39. The van der Waals surface area contributed by atoms with E-state index in [-0.39, 0.29) is 0 Å². The number of rotatable bonds is 3. The maximum atomic E-state index is 4.05. The summed E-state index contributed by atoms with van der Waals surface area (Å²) in [6, 6.07) is 8.22. The van der Waals surface area contributed by atoms with E-state index in [9.17, 15) is 0 Å². The summed E-state index contributed by atoms with van der Waals surface area (Å²) in [6.45, 7) is 0.878. The standard InChI is InChI=1S/C8H10BrNS/c9-8-3-1-2-7(4-8)5-10-6-11/h1-4,10-11H,5-6H2. The molecule has 0 saturated carbocycles. The minimum absolute atomic E-state index is 0.715. The van der Waals surface area contributed by atoms with Crippen LogP contribution in [-0.2, 0) is 6.54 Å². The zero-order valence-corrected chi connectivity index (χ0v) is 8.53. The van der Waals surface area contributed by atoms with Crippen LogP contribution < -0.4 is 5.32 Å². The van der Waals surface area contributed by atoms with Crippen molar-refractivity contribution in [2.24, 2.45) is 0 Å². The van der Waals surface area contributed by atoms with Gasteiger partial charge in [0.25, 0.3) is 0 Å². The van der Waals surface area contributed by atoms with Crippen LogP contribution in [0.4, 0.5) is 0 Å². The Labute approximate surface area is 80.7 Å². The number of hydrogen-bond donors (Lipinski definition) is 2. The topological polar surface area (TPSA) is 12.0 Å². The molecule has 1 rings (SSSR count). The summed E-state index contributed by atoms with van der Waals surface area (Å²) in [4.78, 5) is 0. The minimum atomic E-state index is 0.715. The van der Waals surface area contributed by atoms with Crippen LogP contribution in [-0.4, -0.2) is 5.88 Å². The highest BCUT2D eigenvalue weighted by Gasteiger charge is 1.90. The Hall–Kier alpha value is 0.01000. The molecular formula is C8H10BrNS. The van der Waals surface area contributed by atoms with E-state index in [1.807, 2.05) is 12.1 Å². The van der Waals surface area contributed by atoms with Gasteiger partial charge in [0.1, 0.15) is 0 Å². The Balaban J connectivity index is 2.56. The van der Waals surface area contributed by atoms with Crippen LogP contribution in [0, 0.1) is 0 Å². The van der Waals surface area contributed by atoms with Crippen LogP contribution >= 0.6 is 28.6 Å². The van der Waals surface area contributed by atoms with Crippen molar-refractivity contribution in [2.75, 3.05) is 5.88 Å². The van der Waals surface area contributed by atoms with Gasteiger partial charge < -0.3 is 5.32 Å². The lowest BCUT2D eigenvalue weighted by molar-refractivity contribution is 0.798. The van der Waals surface area contributed by atoms with E-state index in [1.165, 1.54) is 5.56 Å². The van der Waals surface area contributed by atoms with Gasteiger partial charge in [-0.05, 0) is 17.7 Å². The summed E-state index contributed by atoms with van der Waals surface area (Å²) >= 11 is 7.46. The average Bonchev–Trinajstić information content (AvgIpc) is 2.01. The van der Waals surface area contributed by atoms with Gasteiger partial charge in [-0.15, -0.1) is 0 Å². The molecule has 0 aliphatic heterocycles. The van der Waals surface area contributed by atoms with E-state index in [1.54, 1.807) is 0 Å². The summed E-state index contributed by atoms with van der Waals surface area (Å²) in [5.74, 6) is 0.715. The molecule has 3 heteroatoms. The zero-order valence-electron chi connectivity index (χ0n) is 6.05. The highest BCUT2D eigenvalue weighted by Crippen LogP contribution is 2.10. The third-order valence-corrected chi connectivity index (χ3v) is 2.05. The van der Waals surface area contributed by atoms with Crippen molar-refractivity contribution in [2.45, 2.75) is 6.54 Å². The molecule has 1 aromatic rings. The lowest BCUT2D eigenvalue weighted by Gasteiger charge is -2.00. The lowest BCUT2D eigenvalue weighted by atomic mass is 10.2. The van der Waals surface area contributed by atoms with Gasteiger partial charge in [-0.3, -0.25) is 0 Å². The van der Waals surface area contributed by atoms with Crippen molar-refractivity contribution < 1.29 is 0 Å². The van der Waals surface area contributed by atoms with Crippen molar-refractivity contribution >= 4 is 28.6 Å². The Bertz CT molecular complexity index is 227. The first-order chi connectivity index (χ1) is 5.33. The van der Waals surface area contributed by atoms with Crippen molar-refractivity contribution in [1.29, 1.82) is 0 Å². The van der Waals surface area contributed by atoms with Gasteiger partial charge in [0.2, 0.25) is 0 Å². The number of thiol groups is 1. The maximum absolute atomic E-state index is 4.05. The Morgan fingerprint density at radius 1 is 1.45 bits per heavy atom. The molecule has 0 saturated heterocycles. The first-order valence-corrected chi connectivity index (χ1v) is 4.81. The second kappa shape index (κ2) is 4.80. The van der Waals surface area contributed by atoms with E-state index in [0.717, 1.165) is 11.0 Å². The Morgan fingerprint density at radius 2 is 2.27 bits per heavy atom. The van der Waals surface area contributed by atoms with Crippen LogP contribution in [0.1, 0.15) is 5.56 Å². The van der Waals surface area contributed by atoms with Crippen LogP contribution in [0.25, 0.3) is 0 Å². The molecule has 0 aromatic heterocycles. The van der Waals surface area contributed by atoms with Gasteiger partial charge in [0, 0.05) is 16.9 Å². The summed E-state index contributed by atoms with van der Waals surface area (Å²) in [6.07, 6.45) is 0. The van der Waals surface area contributed by atoms with Gasteiger partial charge in [-0.25, -0.2) is 0 Å². The number of hydrogen-bond acceptors (Lipinski definition) is 2. The van der Waals surface area contributed by atoms with Crippen molar-refractivity contribution in [3.63, 3.8) is 0 Å². The number of benzene rings is 1. The third-order valence-electron chi connectivity index (χ3n) is 1.33. The molecule has 0 aliphatic rings. The third kappa shape index (κ3) is 3.27. The van der Waals surface area contributed by atoms with E-state index >= 15 is 0 Å². The average molecular weight is 232 g/mol. The van der Waals surface area contributed by atoms with Crippen LogP contribution in [0.15, 0.2) is 28.7 Å². The summed E-state index contributed by atoms with van der Waals surface area (Å²) in [7, 11) is 0. The molecule has 0 fully saturated rings. The monoisotopic (exact) mass is 231 g/mol. The fourth-order valence-corrected chi connectivity index (χ4v) is 1.41. The molecule has 1 nitrogen and oxygen atoms in total. The smallest absolute Gasteiger partial charge is 0.0390 e. The molecule has 0 amide bonds. The minimum Gasteiger partial charge on any atom is -0.304 e. The van der Waals surface area contributed by atoms with Crippen LogP contribution in [0.3, 0.4) is 0 Å². The number of nitrogens with one attached hydrogen (secondary N) is 1. The Kier molecular flexibility index (Phi) is 3.97. The van der Waals surface area contributed by atoms with Gasteiger partial charge >= 0.3 is 0 Å². The maximum Gasteiger partial charge on any atom is 0.0390 e. The largest absolute Gasteiger partial charge is 0.304 e. The summed E-state index contributed by atoms with van der Waals surface area (Å²) in [5.41, 5.74) is 1.27. The predicted octanol–water partition coefficient (Wildman–Crippen LogP) is 2.43. The molecule has 60 valence electrons. The Morgan fingerprint density at radius 3 is 2.91 bits per heavy atom. The molecule has 1 aromatic carbocycles. The second-order valence-corrected chi connectivity index (χ2v) is 3.45. The molecule has 0 atom stereocenters. The van der Waals surface area contributed by atoms with E-state index < -0.39 is 0 Å². The van der Waals surface area contributed by atoms with E-state index in [0.29, 0.717) is 5.88 Å². The predicted molar refractivity (Wildman–Crippen MR) is 54.8 cm³/mol. The van der Waals surface area contributed by atoms with Crippen molar-refractivity contribution in [3.05, 3.63) is 34.3 Å². The summed E-state index contributed by atoms with van der Waals surface area (Å²) < 4.78 is 1.12. The van der Waals surface area contributed by atoms with Gasteiger partial charge in [0.05, 0.1) is 0 Å². The van der Waals surface area contributed by atoms with Crippen molar-refractivity contribution in [3.8, 4) is 0 Å². The number of halogens is 1. The van der Waals surface area contributed by atoms with Crippen molar-refractivity contribution in [1.82, 2.24) is 5.32 Å². The quantitative estimate of drug-likeness (QED) is 0.602. The fraction of sp³-hybridized carbons (Fsp3) is 0.250. The molecule has 0 radical (unpaired) electrons. The molecule has 0 spiro atoms. The molecular weight excluding hydrogens is 222 g/mol. The molecule has 0 aliphatic carbocycles. The normalized spacial score (nSPS) is 10.0. The van der Waals surface area contributed by atoms with Crippen LogP contribution in [0.5, 0.6) is 0 Å². The lowest BCUT2D eigenvalue weighted by Crippen LogP contribution is -2.09. The van der Waals surface area contributed by atoms with Gasteiger partial charge in [0.15, 0.2) is 0 Å². The summed E-state index contributed by atoms with van der Waals surface area (Å²) in [5, 5.41) is 3.14.